The van der Waals surface area contributed by atoms with Gasteiger partial charge in [0.05, 0.1) is 12.0 Å². The second-order valence-corrected chi connectivity index (χ2v) is 6.77. The van der Waals surface area contributed by atoms with Crippen molar-refractivity contribution >= 4 is 11.7 Å². The molecule has 0 unspecified atom stereocenters. The topological polar surface area (TPSA) is 106 Å². The average molecular weight is 389 g/mol. The number of amides is 1. The maximum atomic E-state index is 12.7. The Kier molecular flexibility index (Phi) is 4.82. The quantitative estimate of drug-likeness (QED) is 0.543. The summed E-state index contributed by atoms with van der Waals surface area (Å²) >= 11 is 0. The molecule has 8 heteroatoms. The van der Waals surface area contributed by atoms with Crippen LogP contribution in [0.3, 0.4) is 0 Å². The van der Waals surface area contributed by atoms with Gasteiger partial charge in [-0.3, -0.25) is 14.6 Å². The van der Waals surface area contributed by atoms with Crippen LogP contribution in [0.2, 0.25) is 0 Å². The fraction of sp³-hybridized carbons (Fsp3) is 0.143. The number of nitrogens with zero attached hydrogens (tertiary/aromatic N) is 3. The number of nitrogens with one attached hydrogen (secondary N) is 2. The van der Waals surface area contributed by atoms with Crippen LogP contribution in [-0.4, -0.2) is 25.7 Å². The molecule has 0 saturated heterocycles. The van der Waals surface area contributed by atoms with Crippen LogP contribution in [0, 0.1) is 0 Å². The largest absolute Gasteiger partial charge is 0.463 e. The lowest BCUT2D eigenvalue weighted by Crippen LogP contribution is -2.19. The van der Waals surface area contributed by atoms with Crippen LogP contribution in [0.4, 0.5) is 5.82 Å². The Labute approximate surface area is 166 Å². The Morgan fingerprint density at radius 1 is 1.14 bits per heavy atom. The monoisotopic (exact) mass is 389 g/mol. The molecule has 1 aromatic carbocycles. The number of aromatic nitrogens is 4. The van der Waals surface area contributed by atoms with E-state index in [0.29, 0.717) is 28.5 Å². The Balaban J connectivity index is 1.80. The van der Waals surface area contributed by atoms with E-state index in [0.717, 1.165) is 0 Å². The summed E-state index contributed by atoms with van der Waals surface area (Å²) in [6.45, 7) is 3.89. The van der Waals surface area contributed by atoms with Crippen LogP contribution in [0.5, 0.6) is 0 Å². The Morgan fingerprint density at radius 3 is 2.62 bits per heavy atom. The van der Waals surface area contributed by atoms with Gasteiger partial charge in [-0.05, 0) is 30.2 Å². The zero-order valence-corrected chi connectivity index (χ0v) is 15.9. The highest BCUT2D eigenvalue weighted by molar-refractivity contribution is 6.04. The molecular formula is C21H19N5O3. The van der Waals surface area contributed by atoms with Crippen LogP contribution in [0.1, 0.15) is 35.8 Å². The zero-order chi connectivity index (χ0) is 20.4. The van der Waals surface area contributed by atoms with E-state index in [4.69, 9.17) is 4.42 Å². The molecule has 3 aromatic heterocycles. The third-order valence-electron chi connectivity index (χ3n) is 4.30. The summed E-state index contributed by atoms with van der Waals surface area (Å²) < 4.78 is 6.81. The second-order valence-electron chi connectivity index (χ2n) is 6.77. The van der Waals surface area contributed by atoms with E-state index in [1.165, 1.54) is 17.0 Å². The smallest absolute Gasteiger partial charge is 0.256 e. The van der Waals surface area contributed by atoms with E-state index in [-0.39, 0.29) is 23.3 Å². The van der Waals surface area contributed by atoms with Gasteiger partial charge in [-0.25, -0.2) is 4.98 Å². The number of carbonyl (C=O) groups excluding carboxylic acids is 1. The molecule has 2 N–H and O–H groups in total. The fourth-order valence-corrected chi connectivity index (χ4v) is 2.81. The van der Waals surface area contributed by atoms with Crippen molar-refractivity contribution in [3.63, 3.8) is 0 Å². The van der Waals surface area contributed by atoms with E-state index < -0.39 is 0 Å². The molecule has 0 saturated carbocycles. The third kappa shape index (κ3) is 3.86. The number of hydrogen-bond donors (Lipinski definition) is 2. The summed E-state index contributed by atoms with van der Waals surface area (Å²) in [4.78, 5) is 32.0. The number of rotatable bonds is 5. The van der Waals surface area contributed by atoms with Crippen molar-refractivity contribution in [2.75, 3.05) is 5.32 Å². The van der Waals surface area contributed by atoms with Gasteiger partial charge in [0.25, 0.3) is 11.5 Å². The molecule has 0 aliphatic rings. The number of benzene rings is 1. The molecule has 4 aromatic rings. The summed E-state index contributed by atoms with van der Waals surface area (Å²) in [5.41, 5.74) is 1.32. The Bertz CT molecular complexity index is 1190. The van der Waals surface area contributed by atoms with Crippen LogP contribution < -0.4 is 10.9 Å². The maximum absolute atomic E-state index is 12.7. The van der Waals surface area contributed by atoms with Gasteiger partial charge in [-0.15, -0.1) is 0 Å². The molecule has 0 atom stereocenters. The molecule has 0 aliphatic heterocycles. The van der Waals surface area contributed by atoms with Crippen LogP contribution in [-0.2, 0) is 0 Å². The van der Waals surface area contributed by atoms with E-state index in [2.05, 4.69) is 20.4 Å². The Morgan fingerprint density at radius 2 is 1.93 bits per heavy atom. The first-order valence-electron chi connectivity index (χ1n) is 9.13. The molecule has 0 aliphatic carbocycles. The highest BCUT2D eigenvalue weighted by atomic mass is 16.3. The highest BCUT2D eigenvalue weighted by Crippen LogP contribution is 2.24. The lowest BCUT2D eigenvalue weighted by molar-refractivity contribution is 0.102. The molecule has 1 amide bonds. The molecule has 0 spiro atoms. The van der Waals surface area contributed by atoms with Crippen molar-refractivity contribution in [1.82, 2.24) is 19.7 Å². The normalized spacial score (nSPS) is 11.0. The SMILES string of the molecule is CC(C)c1cc(=O)[nH]c(-n2nc(-c3ccco3)cc2NC(=O)c2ccccc2)n1. The van der Waals surface area contributed by atoms with Gasteiger partial charge in [0.15, 0.2) is 5.76 Å². The number of anilines is 1. The van der Waals surface area contributed by atoms with Gasteiger partial charge in [0.2, 0.25) is 5.95 Å². The van der Waals surface area contributed by atoms with Crippen LogP contribution in [0.25, 0.3) is 17.4 Å². The average Bonchev–Trinajstić information content (AvgIpc) is 3.38. The molecule has 0 fully saturated rings. The molecule has 146 valence electrons. The van der Waals surface area contributed by atoms with E-state index in [1.54, 1.807) is 42.5 Å². The minimum atomic E-state index is -0.305. The lowest BCUT2D eigenvalue weighted by Gasteiger charge is -2.10. The number of carbonyl (C=O) groups is 1. The summed E-state index contributed by atoms with van der Waals surface area (Å²) in [6.07, 6.45) is 1.54. The maximum Gasteiger partial charge on any atom is 0.256 e. The van der Waals surface area contributed by atoms with E-state index in [9.17, 15) is 9.59 Å². The summed E-state index contributed by atoms with van der Waals surface area (Å²) in [5, 5.41) is 7.32. The molecule has 0 radical (unpaired) electrons. The van der Waals surface area contributed by atoms with Gasteiger partial charge in [0, 0.05) is 17.7 Å². The van der Waals surface area contributed by atoms with Crippen molar-refractivity contribution in [3.8, 4) is 17.4 Å². The van der Waals surface area contributed by atoms with Gasteiger partial charge in [0.1, 0.15) is 11.5 Å². The van der Waals surface area contributed by atoms with Crippen molar-refractivity contribution in [2.45, 2.75) is 19.8 Å². The van der Waals surface area contributed by atoms with E-state index >= 15 is 0 Å². The number of furan rings is 1. The van der Waals surface area contributed by atoms with Gasteiger partial charge in [-0.2, -0.15) is 9.78 Å². The van der Waals surface area contributed by atoms with Gasteiger partial charge in [-0.1, -0.05) is 32.0 Å². The summed E-state index contributed by atoms with van der Waals surface area (Å²) in [7, 11) is 0. The molecule has 29 heavy (non-hydrogen) atoms. The number of hydrogen-bond acceptors (Lipinski definition) is 5. The Hall–Kier alpha value is -3.94. The molecule has 3 heterocycles. The number of H-pyrrole nitrogens is 1. The molecule has 8 nitrogen and oxygen atoms in total. The predicted octanol–water partition coefficient (Wildman–Crippen LogP) is 3.59. The zero-order valence-electron chi connectivity index (χ0n) is 15.9. The van der Waals surface area contributed by atoms with Gasteiger partial charge < -0.3 is 9.73 Å². The second kappa shape index (κ2) is 7.59. The van der Waals surface area contributed by atoms with Crippen molar-refractivity contribution < 1.29 is 9.21 Å². The van der Waals surface area contributed by atoms with Gasteiger partial charge >= 0.3 is 0 Å². The molecule has 0 bridgehead atoms. The van der Waals surface area contributed by atoms with Crippen LogP contribution >= 0.6 is 0 Å². The highest BCUT2D eigenvalue weighted by Gasteiger charge is 2.18. The first kappa shape index (κ1) is 18.4. The standard InChI is InChI=1S/C21H19N5O3/c1-13(2)15-12-19(27)24-21(22-15)26-18(11-16(25-26)17-9-6-10-29-17)23-20(28)14-7-4-3-5-8-14/h3-13H,1-2H3,(H,23,28)(H,22,24,27). The lowest BCUT2D eigenvalue weighted by atomic mass is 10.1. The third-order valence-corrected chi connectivity index (χ3v) is 4.30. The van der Waals surface area contributed by atoms with Crippen molar-refractivity contribution in [3.05, 3.63) is 82.5 Å². The van der Waals surface area contributed by atoms with Crippen LogP contribution in [0.15, 0.2) is 70.1 Å². The minimum absolute atomic E-state index is 0.0542. The predicted molar refractivity (Wildman–Crippen MR) is 108 cm³/mol. The molecule has 4 rings (SSSR count). The minimum Gasteiger partial charge on any atom is -0.463 e. The first-order chi connectivity index (χ1) is 14.0. The first-order valence-corrected chi connectivity index (χ1v) is 9.13. The summed E-state index contributed by atoms with van der Waals surface area (Å²) in [5.74, 6) is 0.844. The van der Waals surface area contributed by atoms with Crippen molar-refractivity contribution in [1.29, 1.82) is 0 Å². The van der Waals surface area contributed by atoms with E-state index in [1.807, 2.05) is 19.9 Å². The summed E-state index contributed by atoms with van der Waals surface area (Å²) in [6, 6.07) is 15.5. The molecular weight excluding hydrogens is 370 g/mol. The number of aromatic amines is 1. The fourth-order valence-electron chi connectivity index (χ4n) is 2.81. The van der Waals surface area contributed by atoms with Crippen molar-refractivity contribution in [2.24, 2.45) is 0 Å².